The lowest BCUT2D eigenvalue weighted by molar-refractivity contribution is -0.131. The third-order valence-corrected chi connectivity index (χ3v) is 3.36. The summed E-state index contributed by atoms with van der Waals surface area (Å²) in [6, 6.07) is 5.49. The minimum Gasteiger partial charge on any atom is -0.478 e. The molecule has 0 spiro atoms. The first-order chi connectivity index (χ1) is 9.47. The number of rotatable bonds is 6. The molecule has 2 N–H and O–H groups in total. The molecule has 1 aromatic carbocycles. The molecule has 6 heteroatoms. The fourth-order valence-electron chi connectivity index (χ4n) is 1.67. The summed E-state index contributed by atoms with van der Waals surface area (Å²) in [4.78, 5) is 23.9. The number of carbonyl (C=O) groups excluding carboxylic acids is 1. The van der Waals surface area contributed by atoms with Crippen LogP contribution in [0, 0.1) is 0 Å². The maximum atomic E-state index is 11.5. The first-order valence-corrected chi connectivity index (χ1v) is 6.93. The van der Waals surface area contributed by atoms with Crippen molar-refractivity contribution in [2.75, 3.05) is 25.0 Å². The van der Waals surface area contributed by atoms with Gasteiger partial charge in [0.15, 0.2) is 0 Å². The Morgan fingerprint density at radius 2 is 2.15 bits per heavy atom. The van der Waals surface area contributed by atoms with Gasteiger partial charge in [0.1, 0.15) is 0 Å². The van der Waals surface area contributed by atoms with Crippen molar-refractivity contribution in [2.45, 2.75) is 6.92 Å². The molecule has 1 rings (SSSR count). The van der Waals surface area contributed by atoms with Crippen LogP contribution in [0.2, 0.25) is 0 Å². The monoisotopic (exact) mass is 340 g/mol. The standard InChI is InChI=1S/C14H17BrN2O3/c1-3-17(9-13(18)16-2)12-6-4-10(8-11(12)15)5-7-14(19)20/h4-8H,3,9H2,1-2H3,(H,16,18)(H,19,20)/b7-5+. The smallest absolute Gasteiger partial charge is 0.328 e. The Labute approximate surface area is 126 Å². The van der Waals surface area contributed by atoms with Gasteiger partial charge in [-0.2, -0.15) is 0 Å². The lowest BCUT2D eigenvalue weighted by Crippen LogP contribution is -2.35. The van der Waals surface area contributed by atoms with E-state index in [1.807, 2.05) is 30.0 Å². The second-order valence-electron chi connectivity index (χ2n) is 4.07. The zero-order chi connectivity index (χ0) is 15.1. The number of aliphatic carboxylic acids is 1. The zero-order valence-corrected chi connectivity index (χ0v) is 13.0. The van der Waals surface area contributed by atoms with Crippen LogP contribution in [-0.4, -0.2) is 37.1 Å². The van der Waals surface area contributed by atoms with Crippen LogP contribution in [0.15, 0.2) is 28.7 Å². The molecule has 0 aliphatic rings. The minimum atomic E-state index is -0.986. The Morgan fingerprint density at radius 3 is 2.65 bits per heavy atom. The molecular weight excluding hydrogens is 324 g/mol. The van der Waals surface area contributed by atoms with E-state index in [4.69, 9.17) is 5.11 Å². The number of hydrogen-bond acceptors (Lipinski definition) is 3. The van der Waals surface area contributed by atoms with Crippen LogP contribution in [0.3, 0.4) is 0 Å². The molecule has 0 radical (unpaired) electrons. The van der Waals surface area contributed by atoms with Crippen LogP contribution in [0.4, 0.5) is 5.69 Å². The van der Waals surface area contributed by atoms with E-state index in [0.29, 0.717) is 6.54 Å². The van der Waals surface area contributed by atoms with Gasteiger partial charge in [-0.15, -0.1) is 0 Å². The van der Waals surface area contributed by atoms with Crippen molar-refractivity contribution in [1.29, 1.82) is 0 Å². The number of carbonyl (C=O) groups is 2. The topological polar surface area (TPSA) is 69.6 Å². The van der Waals surface area contributed by atoms with Crippen LogP contribution in [0.5, 0.6) is 0 Å². The number of benzene rings is 1. The predicted molar refractivity (Wildman–Crippen MR) is 82.8 cm³/mol. The molecular formula is C14H17BrN2O3. The van der Waals surface area contributed by atoms with Gasteiger partial charge in [-0.05, 0) is 46.6 Å². The van der Waals surface area contributed by atoms with E-state index in [9.17, 15) is 9.59 Å². The van der Waals surface area contributed by atoms with Gasteiger partial charge in [-0.1, -0.05) is 6.07 Å². The quantitative estimate of drug-likeness (QED) is 0.778. The maximum absolute atomic E-state index is 11.5. The molecule has 0 aromatic heterocycles. The fraction of sp³-hybridized carbons (Fsp3) is 0.286. The van der Waals surface area contributed by atoms with E-state index in [1.165, 1.54) is 6.08 Å². The molecule has 0 heterocycles. The number of likely N-dealkylation sites (N-methyl/N-ethyl adjacent to an activating group) is 2. The van der Waals surface area contributed by atoms with Crippen molar-refractivity contribution < 1.29 is 14.7 Å². The predicted octanol–water partition coefficient (Wildman–Crippen LogP) is 2.12. The Morgan fingerprint density at radius 1 is 1.45 bits per heavy atom. The summed E-state index contributed by atoms with van der Waals surface area (Å²) in [5, 5.41) is 11.2. The highest BCUT2D eigenvalue weighted by molar-refractivity contribution is 9.10. The summed E-state index contributed by atoms with van der Waals surface area (Å²) in [5.74, 6) is -1.05. The van der Waals surface area contributed by atoms with Crippen LogP contribution < -0.4 is 10.2 Å². The third-order valence-electron chi connectivity index (χ3n) is 2.73. The van der Waals surface area contributed by atoms with E-state index in [2.05, 4.69) is 21.2 Å². The first-order valence-electron chi connectivity index (χ1n) is 6.14. The van der Waals surface area contributed by atoms with Crippen LogP contribution in [0.25, 0.3) is 6.08 Å². The Hall–Kier alpha value is -1.82. The number of carboxylic acids is 1. The van der Waals surface area contributed by atoms with Gasteiger partial charge in [-0.3, -0.25) is 4.79 Å². The Balaban J connectivity index is 2.95. The molecule has 0 saturated heterocycles. The van der Waals surface area contributed by atoms with Crippen molar-refractivity contribution in [1.82, 2.24) is 5.32 Å². The average Bonchev–Trinajstić information content (AvgIpc) is 2.42. The summed E-state index contributed by atoms with van der Waals surface area (Å²) < 4.78 is 0.816. The second-order valence-corrected chi connectivity index (χ2v) is 4.92. The zero-order valence-electron chi connectivity index (χ0n) is 11.4. The molecule has 0 aliphatic heterocycles. The molecule has 0 bridgehead atoms. The van der Waals surface area contributed by atoms with Gasteiger partial charge in [-0.25, -0.2) is 4.79 Å². The lowest BCUT2D eigenvalue weighted by atomic mass is 10.2. The normalized spacial score (nSPS) is 10.6. The molecule has 5 nitrogen and oxygen atoms in total. The SMILES string of the molecule is CCN(CC(=O)NC)c1ccc(/C=C/C(=O)O)cc1Br. The summed E-state index contributed by atoms with van der Waals surface area (Å²) in [6.45, 7) is 2.93. The highest BCUT2D eigenvalue weighted by Gasteiger charge is 2.11. The van der Waals surface area contributed by atoms with Crippen molar-refractivity contribution >= 4 is 39.6 Å². The van der Waals surface area contributed by atoms with Crippen molar-refractivity contribution in [2.24, 2.45) is 0 Å². The molecule has 0 unspecified atom stereocenters. The van der Waals surface area contributed by atoms with Crippen LogP contribution >= 0.6 is 15.9 Å². The minimum absolute atomic E-state index is 0.0615. The number of amides is 1. The first kappa shape index (κ1) is 16.2. The third kappa shape index (κ3) is 4.70. The van der Waals surface area contributed by atoms with E-state index in [1.54, 1.807) is 7.05 Å². The number of nitrogens with one attached hydrogen (secondary N) is 1. The van der Waals surface area contributed by atoms with Gasteiger partial charge >= 0.3 is 5.97 Å². The summed E-state index contributed by atoms with van der Waals surface area (Å²) >= 11 is 3.45. The lowest BCUT2D eigenvalue weighted by Gasteiger charge is -2.23. The molecule has 1 amide bonds. The van der Waals surface area contributed by atoms with Gasteiger partial charge < -0.3 is 15.3 Å². The molecule has 0 saturated carbocycles. The summed E-state index contributed by atoms with van der Waals surface area (Å²) in [7, 11) is 1.60. The number of hydrogen-bond donors (Lipinski definition) is 2. The number of halogens is 1. The van der Waals surface area contributed by atoms with E-state index in [-0.39, 0.29) is 12.5 Å². The highest BCUT2D eigenvalue weighted by Crippen LogP contribution is 2.27. The van der Waals surface area contributed by atoms with Crippen molar-refractivity contribution in [3.8, 4) is 0 Å². The van der Waals surface area contributed by atoms with Gasteiger partial charge in [0.25, 0.3) is 0 Å². The summed E-state index contributed by atoms with van der Waals surface area (Å²) in [5.41, 5.74) is 1.67. The van der Waals surface area contributed by atoms with Crippen molar-refractivity contribution in [3.63, 3.8) is 0 Å². The van der Waals surface area contributed by atoms with Gasteiger partial charge in [0.05, 0.1) is 12.2 Å². The van der Waals surface area contributed by atoms with Crippen LogP contribution in [-0.2, 0) is 9.59 Å². The molecule has 0 aliphatic carbocycles. The maximum Gasteiger partial charge on any atom is 0.328 e. The van der Waals surface area contributed by atoms with Gasteiger partial charge in [0.2, 0.25) is 5.91 Å². The van der Waals surface area contributed by atoms with Crippen molar-refractivity contribution in [3.05, 3.63) is 34.3 Å². The van der Waals surface area contributed by atoms with E-state index in [0.717, 1.165) is 21.8 Å². The molecule has 0 atom stereocenters. The Bertz CT molecular complexity index is 529. The number of carboxylic acid groups (broad SMARTS) is 1. The largest absolute Gasteiger partial charge is 0.478 e. The highest BCUT2D eigenvalue weighted by atomic mass is 79.9. The fourth-order valence-corrected chi connectivity index (χ4v) is 2.32. The molecule has 20 heavy (non-hydrogen) atoms. The molecule has 1 aromatic rings. The summed E-state index contributed by atoms with van der Waals surface area (Å²) in [6.07, 6.45) is 2.61. The molecule has 0 fully saturated rings. The van der Waals surface area contributed by atoms with E-state index < -0.39 is 5.97 Å². The molecule has 108 valence electrons. The average molecular weight is 341 g/mol. The Kier molecular flexibility index (Phi) is 6.24. The second kappa shape index (κ2) is 7.69. The number of anilines is 1. The van der Waals surface area contributed by atoms with Crippen LogP contribution in [0.1, 0.15) is 12.5 Å². The van der Waals surface area contributed by atoms with Gasteiger partial charge in [0, 0.05) is 24.1 Å². The number of nitrogens with zero attached hydrogens (tertiary/aromatic N) is 1. The van der Waals surface area contributed by atoms with E-state index >= 15 is 0 Å².